The molecule has 0 saturated carbocycles. The second-order valence-corrected chi connectivity index (χ2v) is 3.73. The molecule has 3 nitrogen and oxygen atoms in total. The van der Waals surface area contributed by atoms with Gasteiger partial charge in [-0.2, -0.15) is 0 Å². The van der Waals surface area contributed by atoms with Gasteiger partial charge in [0.05, 0.1) is 12.6 Å². The SMILES string of the molecule is CC(C)OC(=O)CNCc1ccccc1F. The van der Waals surface area contributed by atoms with Crippen molar-refractivity contribution in [1.82, 2.24) is 5.32 Å². The molecular formula is C12H16FNO2. The van der Waals surface area contributed by atoms with E-state index in [9.17, 15) is 9.18 Å². The molecule has 0 fully saturated rings. The smallest absolute Gasteiger partial charge is 0.320 e. The molecule has 0 spiro atoms. The minimum Gasteiger partial charge on any atom is -0.462 e. The van der Waals surface area contributed by atoms with Crippen LogP contribution in [-0.4, -0.2) is 18.6 Å². The van der Waals surface area contributed by atoms with Gasteiger partial charge in [-0.1, -0.05) is 18.2 Å². The average molecular weight is 225 g/mol. The molecular weight excluding hydrogens is 209 g/mol. The summed E-state index contributed by atoms with van der Waals surface area (Å²) in [6.07, 6.45) is -0.122. The summed E-state index contributed by atoms with van der Waals surface area (Å²) in [7, 11) is 0. The summed E-state index contributed by atoms with van der Waals surface area (Å²) in [5, 5.41) is 2.83. The number of hydrogen-bond donors (Lipinski definition) is 1. The lowest BCUT2D eigenvalue weighted by Gasteiger charge is -2.09. The summed E-state index contributed by atoms with van der Waals surface area (Å²) in [6, 6.07) is 6.46. The van der Waals surface area contributed by atoms with Crippen LogP contribution in [0.25, 0.3) is 0 Å². The lowest BCUT2D eigenvalue weighted by Crippen LogP contribution is -2.26. The third-order valence-corrected chi connectivity index (χ3v) is 1.91. The fourth-order valence-corrected chi connectivity index (χ4v) is 1.25. The Labute approximate surface area is 94.6 Å². The maximum absolute atomic E-state index is 13.2. The second-order valence-electron chi connectivity index (χ2n) is 3.73. The maximum atomic E-state index is 13.2. The van der Waals surface area contributed by atoms with Gasteiger partial charge in [-0.3, -0.25) is 4.79 Å². The van der Waals surface area contributed by atoms with Gasteiger partial charge in [0.15, 0.2) is 0 Å². The summed E-state index contributed by atoms with van der Waals surface area (Å²) in [5.41, 5.74) is 0.542. The van der Waals surface area contributed by atoms with Crippen molar-refractivity contribution in [3.63, 3.8) is 0 Å². The fourth-order valence-electron chi connectivity index (χ4n) is 1.25. The molecule has 0 aliphatic rings. The molecule has 0 aliphatic heterocycles. The first kappa shape index (κ1) is 12.6. The highest BCUT2D eigenvalue weighted by atomic mass is 19.1. The van der Waals surface area contributed by atoms with Gasteiger partial charge >= 0.3 is 5.97 Å². The second kappa shape index (κ2) is 6.23. The molecule has 1 N–H and O–H groups in total. The molecule has 0 saturated heterocycles. The van der Waals surface area contributed by atoms with Crippen LogP contribution in [0.4, 0.5) is 4.39 Å². The third-order valence-electron chi connectivity index (χ3n) is 1.91. The van der Waals surface area contributed by atoms with Gasteiger partial charge in [-0.05, 0) is 19.9 Å². The molecule has 0 radical (unpaired) electrons. The number of carbonyl (C=O) groups is 1. The number of hydrogen-bond acceptors (Lipinski definition) is 3. The third kappa shape index (κ3) is 4.40. The Hall–Kier alpha value is -1.42. The van der Waals surface area contributed by atoms with Crippen LogP contribution < -0.4 is 5.32 Å². The molecule has 0 aromatic heterocycles. The van der Waals surface area contributed by atoms with E-state index in [1.165, 1.54) is 6.07 Å². The highest BCUT2D eigenvalue weighted by Crippen LogP contribution is 2.05. The molecule has 88 valence electrons. The molecule has 0 amide bonds. The zero-order chi connectivity index (χ0) is 12.0. The van der Waals surface area contributed by atoms with E-state index in [1.807, 2.05) is 0 Å². The zero-order valence-corrected chi connectivity index (χ0v) is 9.50. The molecule has 4 heteroatoms. The Bertz CT molecular complexity index is 353. The molecule has 0 aliphatic carbocycles. The van der Waals surface area contributed by atoms with Crippen molar-refractivity contribution in [2.45, 2.75) is 26.5 Å². The molecule has 0 heterocycles. The Kier molecular flexibility index (Phi) is 4.92. The van der Waals surface area contributed by atoms with Crippen molar-refractivity contribution in [1.29, 1.82) is 0 Å². The Balaban J connectivity index is 2.31. The fraction of sp³-hybridized carbons (Fsp3) is 0.417. The monoisotopic (exact) mass is 225 g/mol. The lowest BCUT2D eigenvalue weighted by atomic mass is 10.2. The summed E-state index contributed by atoms with van der Waals surface area (Å²) in [5.74, 6) is -0.599. The number of ether oxygens (including phenoxy) is 1. The van der Waals surface area contributed by atoms with E-state index in [2.05, 4.69) is 5.32 Å². The van der Waals surface area contributed by atoms with E-state index in [0.717, 1.165) is 0 Å². The predicted molar refractivity (Wildman–Crippen MR) is 59.3 cm³/mol. The topological polar surface area (TPSA) is 38.3 Å². The van der Waals surface area contributed by atoms with E-state index in [0.29, 0.717) is 12.1 Å². The maximum Gasteiger partial charge on any atom is 0.320 e. The lowest BCUT2D eigenvalue weighted by molar-refractivity contribution is -0.146. The van der Waals surface area contributed by atoms with Crippen molar-refractivity contribution in [2.75, 3.05) is 6.54 Å². The van der Waals surface area contributed by atoms with Gasteiger partial charge in [0.2, 0.25) is 0 Å². The Morgan fingerprint density at radius 2 is 2.12 bits per heavy atom. The number of esters is 1. The van der Waals surface area contributed by atoms with E-state index >= 15 is 0 Å². The Morgan fingerprint density at radius 1 is 1.44 bits per heavy atom. The summed E-state index contributed by atoms with van der Waals surface area (Å²) >= 11 is 0. The first-order valence-corrected chi connectivity index (χ1v) is 5.23. The minimum absolute atomic E-state index is 0.0898. The highest BCUT2D eigenvalue weighted by Gasteiger charge is 2.05. The standard InChI is InChI=1S/C12H16FNO2/c1-9(2)16-12(15)8-14-7-10-5-3-4-6-11(10)13/h3-6,9,14H,7-8H2,1-2H3. The van der Waals surface area contributed by atoms with Crippen LogP contribution in [0.2, 0.25) is 0 Å². The van der Waals surface area contributed by atoms with E-state index < -0.39 is 0 Å². The van der Waals surface area contributed by atoms with Crippen LogP contribution >= 0.6 is 0 Å². The largest absolute Gasteiger partial charge is 0.462 e. The van der Waals surface area contributed by atoms with Crippen molar-refractivity contribution >= 4 is 5.97 Å². The van der Waals surface area contributed by atoms with Crippen LogP contribution in [-0.2, 0) is 16.1 Å². The van der Waals surface area contributed by atoms with Gasteiger partial charge in [-0.25, -0.2) is 4.39 Å². The molecule has 16 heavy (non-hydrogen) atoms. The summed E-state index contributed by atoms with van der Waals surface area (Å²) in [4.78, 5) is 11.2. The first-order valence-electron chi connectivity index (χ1n) is 5.23. The number of benzene rings is 1. The molecule has 0 unspecified atom stereocenters. The van der Waals surface area contributed by atoms with Gasteiger partial charge in [0, 0.05) is 12.1 Å². The average Bonchev–Trinajstić information content (AvgIpc) is 2.19. The van der Waals surface area contributed by atoms with Crippen LogP contribution in [0.3, 0.4) is 0 Å². The number of nitrogens with one attached hydrogen (secondary N) is 1. The number of carbonyl (C=O) groups excluding carboxylic acids is 1. The van der Waals surface area contributed by atoms with E-state index in [-0.39, 0.29) is 24.4 Å². The Morgan fingerprint density at radius 3 is 2.75 bits per heavy atom. The van der Waals surface area contributed by atoms with Gasteiger partial charge in [-0.15, -0.1) is 0 Å². The molecule has 0 atom stereocenters. The van der Waals surface area contributed by atoms with Crippen molar-refractivity contribution in [2.24, 2.45) is 0 Å². The quantitative estimate of drug-likeness (QED) is 0.777. The predicted octanol–water partition coefficient (Wildman–Crippen LogP) is 1.87. The summed E-state index contributed by atoms with van der Waals surface area (Å²) < 4.78 is 18.1. The molecule has 1 rings (SSSR count). The summed E-state index contributed by atoms with van der Waals surface area (Å²) in [6.45, 7) is 3.98. The van der Waals surface area contributed by atoms with Gasteiger partial charge in [0.25, 0.3) is 0 Å². The van der Waals surface area contributed by atoms with Gasteiger partial charge in [0.1, 0.15) is 5.82 Å². The highest BCUT2D eigenvalue weighted by molar-refractivity contribution is 5.71. The van der Waals surface area contributed by atoms with Crippen LogP contribution in [0.15, 0.2) is 24.3 Å². The van der Waals surface area contributed by atoms with Crippen molar-refractivity contribution in [3.05, 3.63) is 35.6 Å². The number of halogens is 1. The molecule has 0 bridgehead atoms. The van der Waals surface area contributed by atoms with Crippen molar-refractivity contribution in [3.8, 4) is 0 Å². The molecule has 1 aromatic carbocycles. The first-order chi connectivity index (χ1) is 7.59. The van der Waals surface area contributed by atoms with Crippen LogP contribution in [0.5, 0.6) is 0 Å². The molecule has 1 aromatic rings. The van der Waals surface area contributed by atoms with E-state index in [1.54, 1.807) is 32.0 Å². The normalized spacial score (nSPS) is 10.5. The van der Waals surface area contributed by atoms with Crippen molar-refractivity contribution < 1.29 is 13.9 Å². The number of rotatable bonds is 5. The van der Waals surface area contributed by atoms with Gasteiger partial charge < -0.3 is 10.1 Å². The van der Waals surface area contributed by atoms with Crippen LogP contribution in [0, 0.1) is 5.82 Å². The van der Waals surface area contributed by atoms with Crippen LogP contribution in [0.1, 0.15) is 19.4 Å². The zero-order valence-electron chi connectivity index (χ0n) is 9.50. The minimum atomic E-state index is -0.327. The van der Waals surface area contributed by atoms with E-state index in [4.69, 9.17) is 4.74 Å².